The Morgan fingerprint density at radius 2 is 2.14 bits per heavy atom. The first-order valence-corrected chi connectivity index (χ1v) is 10.4. The van der Waals surface area contributed by atoms with Crippen molar-refractivity contribution in [2.45, 2.75) is 39.8 Å². The average Bonchev–Trinajstić information content (AvgIpc) is 3.14. The van der Waals surface area contributed by atoms with Crippen LogP contribution in [0.5, 0.6) is 0 Å². The van der Waals surface area contributed by atoms with Crippen molar-refractivity contribution in [3.05, 3.63) is 57.3 Å². The predicted octanol–water partition coefficient (Wildman–Crippen LogP) is 3.70. The van der Waals surface area contributed by atoms with Gasteiger partial charge in [0.2, 0.25) is 5.91 Å². The maximum absolute atomic E-state index is 12.5. The number of nitrogens with zero attached hydrogens (tertiary/aromatic N) is 2. The number of hydrogen-bond donors (Lipinski definition) is 2. The molecule has 1 aliphatic heterocycles. The highest BCUT2D eigenvalue weighted by Crippen LogP contribution is 2.24. The Hall–Kier alpha value is -1.61. The fourth-order valence-corrected chi connectivity index (χ4v) is 4.12. The van der Waals surface area contributed by atoms with Gasteiger partial charge in [0.25, 0.3) is 0 Å². The second kappa shape index (κ2) is 11.4. The van der Waals surface area contributed by atoms with E-state index >= 15 is 0 Å². The number of thiophene rings is 1. The standard InChI is InChI=1S/C21H28N4OS.HI/c1-3-22-21(24-14-17-6-4-5-16(2)13-17)23-10-7-20(26)25-11-8-19-18(15-25)9-12-27-19;/h4-6,9,12-13H,3,7-8,10-11,14-15H2,1-2H3,(H2,22,23,24);1H. The number of aryl methyl sites for hydroxylation is 1. The molecule has 0 atom stereocenters. The van der Waals surface area contributed by atoms with E-state index < -0.39 is 0 Å². The molecule has 3 rings (SSSR count). The van der Waals surface area contributed by atoms with Crippen LogP contribution in [0.1, 0.15) is 34.9 Å². The lowest BCUT2D eigenvalue weighted by Gasteiger charge is -2.27. The zero-order valence-corrected chi connectivity index (χ0v) is 19.7. The van der Waals surface area contributed by atoms with Crippen molar-refractivity contribution in [3.8, 4) is 0 Å². The first-order chi connectivity index (χ1) is 13.2. The number of nitrogens with one attached hydrogen (secondary N) is 2. The van der Waals surface area contributed by atoms with Crippen LogP contribution in [0.2, 0.25) is 0 Å². The lowest BCUT2D eigenvalue weighted by Crippen LogP contribution is -2.41. The van der Waals surface area contributed by atoms with Crippen LogP contribution in [-0.2, 0) is 24.3 Å². The minimum absolute atomic E-state index is 0. The summed E-state index contributed by atoms with van der Waals surface area (Å²) >= 11 is 1.80. The molecule has 0 saturated carbocycles. The molecule has 0 saturated heterocycles. The van der Waals surface area contributed by atoms with Crippen LogP contribution in [0, 0.1) is 6.92 Å². The minimum Gasteiger partial charge on any atom is -0.357 e. The second-order valence-corrected chi connectivity index (χ2v) is 7.80. The normalized spacial score (nSPS) is 13.5. The number of carbonyl (C=O) groups is 1. The van der Waals surface area contributed by atoms with E-state index in [1.165, 1.54) is 21.6 Å². The fraction of sp³-hybridized carbons (Fsp3) is 0.429. The summed E-state index contributed by atoms with van der Waals surface area (Å²) in [5.41, 5.74) is 3.73. The SMILES string of the molecule is CCNC(=NCc1cccc(C)c1)NCCC(=O)N1CCc2sccc2C1.I. The zero-order valence-electron chi connectivity index (χ0n) is 16.5. The Morgan fingerprint density at radius 3 is 2.93 bits per heavy atom. The minimum atomic E-state index is 0. The van der Waals surface area contributed by atoms with Gasteiger partial charge in [-0.15, -0.1) is 35.3 Å². The largest absolute Gasteiger partial charge is 0.357 e. The Kier molecular flexibility index (Phi) is 9.24. The van der Waals surface area contributed by atoms with Gasteiger partial charge in [0, 0.05) is 37.5 Å². The molecular weight excluding hydrogens is 483 g/mol. The third-order valence-electron chi connectivity index (χ3n) is 4.64. The molecule has 0 bridgehead atoms. The van der Waals surface area contributed by atoms with E-state index in [-0.39, 0.29) is 29.9 Å². The second-order valence-electron chi connectivity index (χ2n) is 6.80. The first-order valence-electron chi connectivity index (χ1n) is 9.56. The molecule has 1 aliphatic rings. The molecule has 0 spiro atoms. The third kappa shape index (κ3) is 6.48. The number of benzene rings is 1. The van der Waals surface area contributed by atoms with Crippen molar-refractivity contribution in [3.63, 3.8) is 0 Å². The Morgan fingerprint density at radius 1 is 1.29 bits per heavy atom. The van der Waals surface area contributed by atoms with Gasteiger partial charge in [0.05, 0.1) is 6.54 Å². The summed E-state index contributed by atoms with van der Waals surface area (Å²) in [4.78, 5) is 20.5. The van der Waals surface area contributed by atoms with Gasteiger partial charge in [-0.05, 0) is 42.8 Å². The molecule has 5 nitrogen and oxygen atoms in total. The molecular formula is C21H29IN4OS. The Balaban J connectivity index is 0.00000280. The zero-order chi connectivity index (χ0) is 19.1. The van der Waals surface area contributed by atoms with Crippen LogP contribution in [0.15, 0.2) is 40.7 Å². The first kappa shape index (κ1) is 22.7. The number of halogens is 1. The van der Waals surface area contributed by atoms with Crippen molar-refractivity contribution < 1.29 is 4.79 Å². The molecule has 0 fully saturated rings. The maximum atomic E-state index is 12.5. The molecule has 0 unspecified atom stereocenters. The highest BCUT2D eigenvalue weighted by molar-refractivity contribution is 14.0. The molecule has 7 heteroatoms. The van der Waals surface area contributed by atoms with Crippen molar-refractivity contribution >= 4 is 47.2 Å². The number of hydrogen-bond acceptors (Lipinski definition) is 3. The van der Waals surface area contributed by atoms with Gasteiger partial charge in [-0.2, -0.15) is 0 Å². The smallest absolute Gasteiger partial charge is 0.224 e. The van der Waals surface area contributed by atoms with Crippen molar-refractivity contribution in [1.82, 2.24) is 15.5 Å². The summed E-state index contributed by atoms with van der Waals surface area (Å²) in [6.45, 7) is 7.71. The highest BCUT2D eigenvalue weighted by Gasteiger charge is 2.20. The van der Waals surface area contributed by atoms with Gasteiger partial charge in [0.1, 0.15) is 0 Å². The molecule has 0 aliphatic carbocycles. The molecule has 2 N–H and O–H groups in total. The third-order valence-corrected chi connectivity index (χ3v) is 5.66. The van der Waals surface area contributed by atoms with Crippen molar-refractivity contribution in [2.75, 3.05) is 19.6 Å². The van der Waals surface area contributed by atoms with Gasteiger partial charge >= 0.3 is 0 Å². The van der Waals surface area contributed by atoms with E-state index in [4.69, 9.17) is 0 Å². The van der Waals surface area contributed by atoms with Gasteiger partial charge in [-0.25, -0.2) is 4.99 Å². The van der Waals surface area contributed by atoms with Gasteiger partial charge in [-0.1, -0.05) is 29.8 Å². The van der Waals surface area contributed by atoms with Crippen LogP contribution in [0.25, 0.3) is 0 Å². The van der Waals surface area contributed by atoms with Crippen LogP contribution in [-0.4, -0.2) is 36.4 Å². The summed E-state index contributed by atoms with van der Waals surface area (Å²) in [6, 6.07) is 10.5. The van der Waals surface area contributed by atoms with Crippen molar-refractivity contribution in [2.24, 2.45) is 4.99 Å². The van der Waals surface area contributed by atoms with Crippen LogP contribution < -0.4 is 10.6 Å². The van der Waals surface area contributed by atoms with Gasteiger partial charge in [0.15, 0.2) is 5.96 Å². The average molecular weight is 512 g/mol. The number of fused-ring (bicyclic) bond motifs is 1. The van der Waals surface area contributed by atoms with Gasteiger partial charge in [-0.3, -0.25) is 4.79 Å². The van der Waals surface area contributed by atoms with E-state index in [0.29, 0.717) is 19.5 Å². The van der Waals surface area contributed by atoms with E-state index in [1.54, 1.807) is 11.3 Å². The van der Waals surface area contributed by atoms with E-state index in [1.807, 2.05) is 11.8 Å². The summed E-state index contributed by atoms with van der Waals surface area (Å²) in [7, 11) is 0. The topological polar surface area (TPSA) is 56.7 Å². The maximum Gasteiger partial charge on any atom is 0.224 e. The summed E-state index contributed by atoms with van der Waals surface area (Å²) in [5, 5.41) is 8.65. The molecule has 1 aromatic heterocycles. The molecule has 1 aromatic carbocycles. The lowest BCUT2D eigenvalue weighted by molar-refractivity contribution is -0.131. The number of amides is 1. The Labute approximate surface area is 188 Å². The van der Waals surface area contributed by atoms with E-state index in [9.17, 15) is 4.79 Å². The van der Waals surface area contributed by atoms with Crippen LogP contribution in [0.3, 0.4) is 0 Å². The number of guanidine groups is 1. The summed E-state index contributed by atoms with van der Waals surface area (Å²) in [5.74, 6) is 0.958. The monoisotopic (exact) mass is 512 g/mol. The quantitative estimate of drug-likeness (QED) is 0.353. The molecule has 2 aromatic rings. The van der Waals surface area contributed by atoms with Gasteiger partial charge < -0.3 is 15.5 Å². The van der Waals surface area contributed by atoms with Crippen LogP contribution >= 0.6 is 35.3 Å². The fourth-order valence-electron chi connectivity index (χ4n) is 3.23. The van der Waals surface area contributed by atoms with E-state index in [2.05, 4.69) is 58.3 Å². The molecule has 152 valence electrons. The highest BCUT2D eigenvalue weighted by atomic mass is 127. The van der Waals surface area contributed by atoms with Crippen molar-refractivity contribution in [1.29, 1.82) is 0 Å². The predicted molar refractivity (Wildman–Crippen MR) is 127 cm³/mol. The Bertz CT molecular complexity index is 805. The molecule has 28 heavy (non-hydrogen) atoms. The van der Waals surface area contributed by atoms with Crippen LogP contribution in [0.4, 0.5) is 0 Å². The summed E-state index contributed by atoms with van der Waals surface area (Å²) < 4.78 is 0. The molecule has 2 heterocycles. The number of carbonyl (C=O) groups excluding carboxylic acids is 1. The number of aliphatic imine (C=N–C) groups is 1. The number of rotatable bonds is 6. The summed E-state index contributed by atoms with van der Waals surface area (Å²) in [6.07, 6.45) is 1.46. The molecule has 1 amide bonds. The molecule has 0 radical (unpaired) electrons. The van der Waals surface area contributed by atoms with E-state index in [0.717, 1.165) is 32.0 Å². The lowest BCUT2D eigenvalue weighted by atomic mass is 10.1.